The molecule has 21 heavy (non-hydrogen) atoms. The van der Waals surface area contributed by atoms with Crippen LogP contribution in [0.2, 0.25) is 0 Å². The van der Waals surface area contributed by atoms with E-state index in [9.17, 15) is 4.79 Å². The standard InChI is InChI=1S/C17H10N2O2/c20-17(21)16-7-3-5-14(19-16)9-8-12-10-13-4-1-2-6-15(13)18-11-12/h1-7,10-11H,(H,20,21). The first-order chi connectivity index (χ1) is 10.2. The van der Waals surface area contributed by atoms with Crippen LogP contribution >= 0.6 is 0 Å². The van der Waals surface area contributed by atoms with Crippen LogP contribution in [0.25, 0.3) is 10.9 Å². The fourth-order valence-electron chi connectivity index (χ4n) is 1.90. The molecule has 4 nitrogen and oxygen atoms in total. The van der Waals surface area contributed by atoms with Crippen molar-refractivity contribution in [3.05, 3.63) is 71.7 Å². The minimum atomic E-state index is -1.06. The summed E-state index contributed by atoms with van der Waals surface area (Å²) in [4.78, 5) is 19.1. The molecule has 0 saturated carbocycles. The highest BCUT2D eigenvalue weighted by atomic mass is 16.4. The number of aromatic carboxylic acids is 1. The van der Waals surface area contributed by atoms with Crippen LogP contribution in [0.3, 0.4) is 0 Å². The number of nitrogens with zero attached hydrogens (tertiary/aromatic N) is 2. The van der Waals surface area contributed by atoms with Gasteiger partial charge in [0.15, 0.2) is 0 Å². The summed E-state index contributed by atoms with van der Waals surface area (Å²) >= 11 is 0. The van der Waals surface area contributed by atoms with E-state index >= 15 is 0 Å². The number of hydrogen-bond donors (Lipinski definition) is 1. The van der Waals surface area contributed by atoms with Crippen LogP contribution in [-0.4, -0.2) is 21.0 Å². The molecule has 1 N–H and O–H groups in total. The van der Waals surface area contributed by atoms with E-state index in [0.29, 0.717) is 5.69 Å². The monoisotopic (exact) mass is 274 g/mol. The zero-order valence-corrected chi connectivity index (χ0v) is 10.9. The van der Waals surface area contributed by atoms with Gasteiger partial charge in [-0.05, 0) is 30.2 Å². The summed E-state index contributed by atoms with van der Waals surface area (Å²) < 4.78 is 0. The Kier molecular flexibility index (Phi) is 3.32. The molecule has 0 amide bonds. The number of fused-ring (bicyclic) bond motifs is 1. The highest BCUT2D eigenvalue weighted by Crippen LogP contribution is 2.11. The van der Waals surface area contributed by atoms with Crippen LogP contribution in [-0.2, 0) is 0 Å². The van der Waals surface area contributed by atoms with Crippen molar-refractivity contribution < 1.29 is 9.90 Å². The lowest BCUT2D eigenvalue weighted by Gasteiger charge is -1.96. The van der Waals surface area contributed by atoms with Crippen LogP contribution in [0.1, 0.15) is 21.7 Å². The molecule has 0 aliphatic rings. The molecular weight excluding hydrogens is 264 g/mol. The van der Waals surface area contributed by atoms with Gasteiger partial charge in [-0.15, -0.1) is 0 Å². The number of rotatable bonds is 1. The summed E-state index contributed by atoms with van der Waals surface area (Å²) in [5, 5.41) is 9.90. The van der Waals surface area contributed by atoms with Crippen LogP contribution < -0.4 is 0 Å². The van der Waals surface area contributed by atoms with E-state index in [1.807, 2.05) is 30.3 Å². The quantitative estimate of drug-likeness (QED) is 0.693. The zero-order chi connectivity index (χ0) is 14.7. The first kappa shape index (κ1) is 12.8. The second kappa shape index (κ2) is 5.43. The van der Waals surface area contributed by atoms with Gasteiger partial charge in [0.1, 0.15) is 11.4 Å². The number of pyridine rings is 2. The van der Waals surface area contributed by atoms with E-state index in [1.165, 1.54) is 6.07 Å². The van der Waals surface area contributed by atoms with Gasteiger partial charge in [-0.1, -0.05) is 30.2 Å². The normalized spacial score (nSPS) is 9.90. The first-order valence-corrected chi connectivity index (χ1v) is 6.29. The van der Waals surface area contributed by atoms with Crippen molar-refractivity contribution in [2.75, 3.05) is 0 Å². The summed E-state index contributed by atoms with van der Waals surface area (Å²) in [5.41, 5.74) is 2.08. The number of hydrogen-bond acceptors (Lipinski definition) is 3. The molecule has 0 fully saturated rings. The zero-order valence-electron chi connectivity index (χ0n) is 10.9. The van der Waals surface area contributed by atoms with E-state index in [0.717, 1.165) is 16.5 Å². The predicted octanol–water partition coefficient (Wildman–Crippen LogP) is 2.73. The molecule has 0 atom stereocenters. The van der Waals surface area contributed by atoms with Gasteiger partial charge in [-0.25, -0.2) is 9.78 Å². The summed E-state index contributed by atoms with van der Waals surface area (Å²) in [6.45, 7) is 0. The number of carbonyl (C=O) groups is 1. The van der Waals surface area contributed by atoms with Crippen molar-refractivity contribution in [1.29, 1.82) is 0 Å². The van der Waals surface area contributed by atoms with Crippen molar-refractivity contribution in [2.24, 2.45) is 0 Å². The fourth-order valence-corrected chi connectivity index (χ4v) is 1.90. The molecular formula is C17H10N2O2. The Morgan fingerprint density at radius 1 is 1.05 bits per heavy atom. The minimum absolute atomic E-state index is 0.0153. The van der Waals surface area contributed by atoms with Crippen molar-refractivity contribution in [3.63, 3.8) is 0 Å². The van der Waals surface area contributed by atoms with E-state index in [2.05, 4.69) is 21.8 Å². The minimum Gasteiger partial charge on any atom is -0.477 e. The molecule has 0 aliphatic carbocycles. The summed E-state index contributed by atoms with van der Waals surface area (Å²) in [6.07, 6.45) is 1.69. The van der Waals surface area contributed by atoms with Crippen molar-refractivity contribution >= 4 is 16.9 Å². The van der Waals surface area contributed by atoms with Crippen LogP contribution in [0.15, 0.2) is 54.7 Å². The summed E-state index contributed by atoms with van der Waals surface area (Å²) in [5.74, 6) is 4.74. The third-order valence-electron chi connectivity index (χ3n) is 2.89. The number of carboxylic acids is 1. The van der Waals surface area contributed by atoms with Crippen LogP contribution in [0.5, 0.6) is 0 Å². The SMILES string of the molecule is O=C(O)c1cccc(C#Cc2cnc3ccccc3c2)n1. The average Bonchev–Trinajstić information content (AvgIpc) is 2.53. The van der Waals surface area contributed by atoms with E-state index in [4.69, 9.17) is 5.11 Å². The molecule has 0 aliphatic heterocycles. The number of benzene rings is 1. The molecule has 0 bridgehead atoms. The van der Waals surface area contributed by atoms with E-state index in [-0.39, 0.29) is 5.69 Å². The molecule has 0 saturated heterocycles. The molecule has 1 aromatic carbocycles. The molecule has 0 radical (unpaired) electrons. The van der Waals surface area contributed by atoms with Gasteiger partial charge >= 0.3 is 5.97 Å². The largest absolute Gasteiger partial charge is 0.477 e. The second-order valence-corrected chi connectivity index (χ2v) is 4.38. The predicted molar refractivity (Wildman–Crippen MR) is 78.9 cm³/mol. The maximum absolute atomic E-state index is 10.9. The Balaban J connectivity index is 1.95. The van der Waals surface area contributed by atoms with Gasteiger partial charge in [0.05, 0.1) is 5.52 Å². The Morgan fingerprint density at radius 3 is 2.76 bits per heavy atom. The lowest BCUT2D eigenvalue weighted by atomic mass is 10.1. The Bertz CT molecular complexity index is 892. The Hall–Kier alpha value is -3.19. The van der Waals surface area contributed by atoms with Gasteiger partial charge in [0.25, 0.3) is 0 Å². The van der Waals surface area contributed by atoms with Gasteiger partial charge in [0.2, 0.25) is 0 Å². The second-order valence-electron chi connectivity index (χ2n) is 4.38. The molecule has 3 rings (SSSR count). The highest BCUT2D eigenvalue weighted by molar-refractivity contribution is 5.85. The van der Waals surface area contributed by atoms with Gasteiger partial charge in [-0.3, -0.25) is 4.98 Å². The van der Waals surface area contributed by atoms with E-state index in [1.54, 1.807) is 18.3 Å². The number of carboxylic acid groups (broad SMARTS) is 1. The lowest BCUT2D eigenvalue weighted by Crippen LogP contribution is -2.00. The maximum Gasteiger partial charge on any atom is 0.354 e. The molecule has 2 aromatic heterocycles. The molecule has 4 heteroatoms. The molecule has 3 aromatic rings. The Morgan fingerprint density at radius 2 is 1.90 bits per heavy atom. The maximum atomic E-state index is 10.9. The van der Waals surface area contributed by atoms with Crippen molar-refractivity contribution in [2.45, 2.75) is 0 Å². The number of para-hydroxylation sites is 1. The fraction of sp³-hybridized carbons (Fsp3) is 0. The average molecular weight is 274 g/mol. The number of aromatic nitrogens is 2. The summed E-state index contributed by atoms with van der Waals surface area (Å²) in [6, 6.07) is 14.5. The summed E-state index contributed by atoms with van der Waals surface area (Å²) in [7, 11) is 0. The van der Waals surface area contributed by atoms with E-state index < -0.39 is 5.97 Å². The molecule has 2 heterocycles. The van der Waals surface area contributed by atoms with Crippen molar-refractivity contribution in [3.8, 4) is 11.8 Å². The van der Waals surface area contributed by atoms with Gasteiger partial charge in [-0.2, -0.15) is 0 Å². The third kappa shape index (κ3) is 2.88. The third-order valence-corrected chi connectivity index (χ3v) is 2.89. The van der Waals surface area contributed by atoms with Gasteiger partial charge < -0.3 is 5.11 Å². The molecule has 0 spiro atoms. The first-order valence-electron chi connectivity index (χ1n) is 6.29. The van der Waals surface area contributed by atoms with Gasteiger partial charge in [0, 0.05) is 17.1 Å². The lowest BCUT2D eigenvalue weighted by molar-refractivity contribution is 0.0690. The molecule has 0 unspecified atom stereocenters. The van der Waals surface area contributed by atoms with Crippen LogP contribution in [0.4, 0.5) is 0 Å². The van der Waals surface area contributed by atoms with Crippen LogP contribution in [0, 0.1) is 11.8 Å². The Labute approximate surface area is 121 Å². The topological polar surface area (TPSA) is 63.1 Å². The van der Waals surface area contributed by atoms with Crippen molar-refractivity contribution in [1.82, 2.24) is 9.97 Å². The molecule has 100 valence electrons. The highest BCUT2D eigenvalue weighted by Gasteiger charge is 2.03. The smallest absolute Gasteiger partial charge is 0.354 e.